The second kappa shape index (κ2) is 6.85. The van der Waals surface area contributed by atoms with Crippen molar-refractivity contribution in [1.29, 1.82) is 0 Å². The highest BCUT2D eigenvalue weighted by molar-refractivity contribution is 6.43. The first-order chi connectivity index (χ1) is 10.5. The molecule has 0 aliphatic heterocycles. The van der Waals surface area contributed by atoms with Gasteiger partial charge in [0.2, 0.25) is 0 Å². The van der Waals surface area contributed by atoms with Gasteiger partial charge in [-0.15, -0.1) is 0 Å². The Morgan fingerprint density at radius 2 is 1.77 bits per heavy atom. The minimum Gasteiger partial charge on any atom is -0.317 e. The molecule has 0 aliphatic rings. The molecular weight excluding hydrogens is 278 g/mol. The molecule has 114 valence electrons. The molecule has 2 aromatic rings. The van der Waals surface area contributed by atoms with Crippen LogP contribution in [0.1, 0.15) is 30.9 Å². The highest BCUT2D eigenvalue weighted by Crippen LogP contribution is 2.27. The Hall–Kier alpha value is -2.69. The lowest BCUT2D eigenvalue weighted by Crippen LogP contribution is -2.29. The molecule has 1 heterocycles. The maximum atomic E-state index is 12.1. The molecule has 5 heteroatoms. The predicted octanol–water partition coefficient (Wildman–Crippen LogP) is 3.09. The standard InChI is InChI=1S/C17H19N3O2/c1-11(2)14-8-4-6-12(3)15(14)20-17(22)16(21)19-13-7-5-9-18-10-13/h4-11H,1-3H3,(H,19,21)(H,20,22). The number of nitrogens with zero attached hydrogens (tertiary/aromatic N) is 1. The third-order valence-electron chi connectivity index (χ3n) is 3.29. The number of aryl methyl sites for hydroxylation is 1. The highest BCUT2D eigenvalue weighted by Gasteiger charge is 2.17. The second-order valence-electron chi connectivity index (χ2n) is 5.34. The van der Waals surface area contributed by atoms with Crippen molar-refractivity contribution in [1.82, 2.24) is 4.98 Å². The molecule has 2 N–H and O–H groups in total. The van der Waals surface area contributed by atoms with E-state index in [1.54, 1.807) is 18.3 Å². The zero-order valence-corrected chi connectivity index (χ0v) is 12.9. The van der Waals surface area contributed by atoms with Gasteiger partial charge in [0.05, 0.1) is 11.9 Å². The van der Waals surface area contributed by atoms with Gasteiger partial charge < -0.3 is 10.6 Å². The van der Waals surface area contributed by atoms with Crippen molar-refractivity contribution in [3.63, 3.8) is 0 Å². The second-order valence-corrected chi connectivity index (χ2v) is 5.34. The Labute approximate surface area is 129 Å². The van der Waals surface area contributed by atoms with E-state index in [0.29, 0.717) is 11.4 Å². The number of hydrogen-bond acceptors (Lipinski definition) is 3. The maximum Gasteiger partial charge on any atom is 0.314 e. The number of nitrogens with one attached hydrogen (secondary N) is 2. The predicted molar refractivity (Wildman–Crippen MR) is 86.8 cm³/mol. The van der Waals surface area contributed by atoms with E-state index in [4.69, 9.17) is 0 Å². The van der Waals surface area contributed by atoms with Crippen LogP contribution < -0.4 is 10.6 Å². The number of pyridine rings is 1. The van der Waals surface area contributed by atoms with Crippen molar-refractivity contribution in [2.45, 2.75) is 26.7 Å². The lowest BCUT2D eigenvalue weighted by atomic mass is 9.98. The number of para-hydroxylation sites is 1. The summed E-state index contributed by atoms with van der Waals surface area (Å²) < 4.78 is 0. The summed E-state index contributed by atoms with van der Waals surface area (Å²) in [6.45, 7) is 5.99. The van der Waals surface area contributed by atoms with E-state index in [0.717, 1.165) is 11.1 Å². The molecule has 0 radical (unpaired) electrons. The number of hydrogen-bond donors (Lipinski definition) is 2. The molecule has 0 bridgehead atoms. The van der Waals surface area contributed by atoms with Crippen LogP contribution in [0.2, 0.25) is 0 Å². The number of benzene rings is 1. The highest BCUT2D eigenvalue weighted by atomic mass is 16.2. The first-order valence-corrected chi connectivity index (χ1v) is 7.11. The zero-order chi connectivity index (χ0) is 16.1. The van der Waals surface area contributed by atoms with Crippen molar-refractivity contribution >= 4 is 23.2 Å². The number of amides is 2. The molecule has 2 amide bonds. The fourth-order valence-corrected chi connectivity index (χ4v) is 2.14. The lowest BCUT2D eigenvalue weighted by molar-refractivity contribution is -0.133. The molecule has 5 nitrogen and oxygen atoms in total. The van der Waals surface area contributed by atoms with Gasteiger partial charge >= 0.3 is 11.8 Å². The van der Waals surface area contributed by atoms with Crippen molar-refractivity contribution in [2.24, 2.45) is 0 Å². The summed E-state index contributed by atoms with van der Waals surface area (Å²) in [6.07, 6.45) is 3.08. The van der Waals surface area contributed by atoms with Crippen molar-refractivity contribution in [2.75, 3.05) is 10.6 Å². The van der Waals surface area contributed by atoms with Crippen molar-refractivity contribution in [3.05, 3.63) is 53.9 Å². The smallest absolute Gasteiger partial charge is 0.314 e. The van der Waals surface area contributed by atoms with E-state index >= 15 is 0 Å². The van der Waals surface area contributed by atoms with Gasteiger partial charge in [-0.05, 0) is 36.1 Å². The van der Waals surface area contributed by atoms with E-state index in [-0.39, 0.29) is 5.92 Å². The third-order valence-corrected chi connectivity index (χ3v) is 3.29. The Morgan fingerprint density at radius 1 is 1.05 bits per heavy atom. The average Bonchev–Trinajstić information content (AvgIpc) is 2.49. The van der Waals surface area contributed by atoms with E-state index < -0.39 is 11.8 Å². The van der Waals surface area contributed by atoms with Gasteiger partial charge in [0, 0.05) is 11.9 Å². The molecule has 2 rings (SSSR count). The van der Waals surface area contributed by atoms with Crippen LogP contribution in [0.3, 0.4) is 0 Å². The minimum atomic E-state index is -0.717. The first kappa shape index (κ1) is 15.7. The fraction of sp³-hybridized carbons (Fsp3) is 0.235. The van der Waals surface area contributed by atoms with Gasteiger partial charge in [0.1, 0.15) is 0 Å². The van der Waals surface area contributed by atoms with Gasteiger partial charge in [-0.3, -0.25) is 14.6 Å². The Morgan fingerprint density at radius 3 is 2.41 bits per heavy atom. The van der Waals surface area contributed by atoms with Gasteiger partial charge in [0.15, 0.2) is 0 Å². The number of aromatic nitrogens is 1. The SMILES string of the molecule is Cc1cccc(C(C)C)c1NC(=O)C(=O)Nc1cccnc1. The summed E-state index contributed by atoms with van der Waals surface area (Å²) in [5.74, 6) is -1.16. The summed E-state index contributed by atoms with van der Waals surface area (Å²) in [5, 5.41) is 5.23. The lowest BCUT2D eigenvalue weighted by Gasteiger charge is -2.16. The molecule has 0 fully saturated rings. The minimum absolute atomic E-state index is 0.247. The van der Waals surface area contributed by atoms with Crippen LogP contribution in [0.15, 0.2) is 42.7 Å². The molecule has 0 unspecified atom stereocenters. The van der Waals surface area contributed by atoms with E-state index in [1.165, 1.54) is 6.20 Å². The van der Waals surface area contributed by atoms with Crippen LogP contribution >= 0.6 is 0 Å². The Kier molecular flexibility index (Phi) is 4.88. The van der Waals surface area contributed by atoms with Gasteiger partial charge in [-0.1, -0.05) is 32.0 Å². The molecule has 0 spiro atoms. The number of anilines is 2. The quantitative estimate of drug-likeness (QED) is 0.855. The number of carbonyl (C=O) groups excluding carboxylic acids is 2. The number of rotatable bonds is 3. The summed E-state index contributed by atoms with van der Waals surface area (Å²) in [4.78, 5) is 27.9. The first-order valence-electron chi connectivity index (χ1n) is 7.11. The molecule has 22 heavy (non-hydrogen) atoms. The largest absolute Gasteiger partial charge is 0.317 e. The summed E-state index contributed by atoms with van der Waals surface area (Å²) >= 11 is 0. The Bertz CT molecular complexity index is 682. The summed E-state index contributed by atoms with van der Waals surface area (Å²) in [5.41, 5.74) is 3.11. The van der Waals surface area contributed by atoms with Gasteiger partial charge in [0.25, 0.3) is 0 Å². The van der Waals surface area contributed by atoms with Crippen molar-refractivity contribution in [3.8, 4) is 0 Å². The molecule has 0 aliphatic carbocycles. The molecular formula is C17H19N3O2. The average molecular weight is 297 g/mol. The molecule has 0 atom stereocenters. The van der Waals surface area contributed by atoms with E-state index in [1.807, 2.05) is 39.0 Å². The van der Waals surface area contributed by atoms with E-state index in [9.17, 15) is 9.59 Å². The van der Waals surface area contributed by atoms with Crippen molar-refractivity contribution < 1.29 is 9.59 Å². The fourth-order valence-electron chi connectivity index (χ4n) is 2.14. The summed E-state index contributed by atoms with van der Waals surface area (Å²) in [7, 11) is 0. The van der Waals surface area contributed by atoms with Crippen LogP contribution in [0.4, 0.5) is 11.4 Å². The molecule has 0 saturated heterocycles. The number of carbonyl (C=O) groups is 2. The van der Waals surface area contributed by atoms with Crippen LogP contribution in [0, 0.1) is 6.92 Å². The third kappa shape index (κ3) is 3.69. The Balaban J connectivity index is 2.14. The zero-order valence-electron chi connectivity index (χ0n) is 12.9. The van der Waals surface area contributed by atoms with Crippen LogP contribution in [0.25, 0.3) is 0 Å². The van der Waals surface area contributed by atoms with E-state index in [2.05, 4.69) is 15.6 Å². The van der Waals surface area contributed by atoms with Crippen LogP contribution in [0.5, 0.6) is 0 Å². The monoisotopic (exact) mass is 297 g/mol. The van der Waals surface area contributed by atoms with Crippen LogP contribution in [-0.4, -0.2) is 16.8 Å². The molecule has 0 saturated carbocycles. The van der Waals surface area contributed by atoms with Gasteiger partial charge in [-0.25, -0.2) is 0 Å². The molecule has 1 aromatic carbocycles. The normalized spacial score (nSPS) is 10.4. The summed E-state index contributed by atoms with van der Waals surface area (Å²) in [6, 6.07) is 9.15. The topological polar surface area (TPSA) is 71.1 Å². The maximum absolute atomic E-state index is 12.1. The molecule has 1 aromatic heterocycles. The van der Waals surface area contributed by atoms with Crippen LogP contribution in [-0.2, 0) is 9.59 Å². The van der Waals surface area contributed by atoms with Gasteiger partial charge in [-0.2, -0.15) is 0 Å².